The molecule has 2 N–H and O–H groups in total. The number of fused-ring (bicyclic) bond motifs is 1. The van der Waals surface area contributed by atoms with Gasteiger partial charge in [0.1, 0.15) is 0 Å². The van der Waals surface area contributed by atoms with Gasteiger partial charge in [-0.1, -0.05) is 24.6 Å². The number of carboxylic acids is 1. The van der Waals surface area contributed by atoms with Crippen molar-refractivity contribution < 1.29 is 14.7 Å². The number of nitrogens with zero attached hydrogens (tertiary/aromatic N) is 3. The molecule has 2 fully saturated rings. The standard InChI is InChI=1S/C19H22N4O3/c24-17(25)19-8-3-6-15(19)12-22(13-19)18(26)20-11-14-5-1-2-7-16(14)23-10-4-9-21-23/h1-2,4-5,7,9-10,15H,3,6,8,11-13H2,(H,20,26)(H,24,25)/t15-,19+/m0/s1. The van der Waals surface area contributed by atoms with Crippen molar-refractivity contribution in [3.05, 3.63) is 48.3 Å². The van der Waals surface area contributed by atoms with Crippen LogP contribution < -0.4 is 5.32 Å². The number of carbonyl (C=O) groups excluding carboxylic acids is 1. The van der Waals surface area contributed by atoms with Gasteiger partial charge in [0.15, 0.2) is 0 Å². The molecule has 0 unspecified atom stereocenters. The number of amides is 2. The molecule has 1 aromatic heterocycles. The Bertz CT molecular complexity index is 820. The lowest BCUT2D eigenvalue weighted by Gasteiger charge is -2.23. The second-order valence-corrected chi connectivity index (χ2v) is 7.17. The van der Waals surface area contributed by atoms with Crippen molar-refractivity contribution in [2.45, 2.75) is 25.8 Å². The maximum absolute atomic E-state index is 12.6. The van der Waals surface area contributed by atoms with Gasteiger partial charge in [-0.15, -0.1) is 0 Å². The first-order valence-electron chi connectivity index (χ1n) is 8.94. The number of hydrogen-bond donors (Lipinski definition) is 2. The fourth-order valence-electron chi connectivity index (χ4n) is 4.37. The number of para-hydroxylation sites is 1. The van der Waals surface area contributed by atoms with E-state index in [-0.39, 0.29) is 11.9 Å². The number of carbonyl (C=O) groups is 2. The Morgan fingerprint density at radius 2 is 2.15 bits per heavy atom. The molecular formula is C19H22N4O3. The number of nitrogens with one attached hydrogen (secondary N) is 1. The molecule has 7 nitrogen and oxygen atoms in total. The van der Waals surface area contributed by atoms with Crippen molar-refractivity contribution in [1.82, 2.24) is 20.0 Å². The maximum atomic E-state index is 12.6. The zero-order valence-corrected chi connectivity index (χ0v) is 14.5. The molecule has 0 bridgehead atoms. The normalized spacial score (nSPS) is 24.5. The topological polar surface area (TPSA) is 87.5 Å². The highest BCUT2D eigenvalue weighted by molar-refractivity contribution is 5.80. The highest BCUT2D eigenvalue weighted by atomic mass is 16.4. The van der Waals surface area contributed by atoms with E-state index in [0.29, 0.717) is 26.1 Å². The van der Waals surface area contributed by atoms with E-state index in [1.807, 2.05) is 36.5 Å². The average Bonchev–Trinajstić information content (AvgIpc) is 3.35. The van der Waals surface area contributed by atoms with Crippen molar-refractivity contribution in [1.29, 1.82) is 0 Å². The lowest BCUT2D eigenvalue weighted by atomic mass is 9.81. The van der Waals surface area contributed by atoms with Crippen LogP contribution in [0.5, 0.6) is 0 Å². The summed E-state index contributed by atoms with van der Waals surface area (Å²) in [4.78, 5) is 26.0. The van der Waals surface area contributed by atoms with E-state index in [1.54, 1.807) is 15.8 Å². The SMILES string of the molecule is O=C(NCc1ccccc1-n1cccn1)N1C[C@@H]2CCC[C@@]2(C(=O)O)C1. The summed E-state index contributed by atoms with van der Waals surface area (Å²) in [6, 6.07) is 9.41. The van der Waals surface area contributed by atoms with Gasteiger partial charge >= 0.3 is 12.0 Å². The Hall–Kier alpha value is -2.83. The van der Waals surface area contributed by atoms with Gasteiger partial charge in [0.25, 0.3) is 0 Å². The Morgan fingerprint density at radius 1 is 1.31 bits per heavy atom. The molecule has 136 valence electrons. The summed E-state index contributed by atoms with van der Waals surface area (Å²) in [7, 11) is 0. The largest absolute Gasteiger partial charge is 0.481 e. The summed E-state index contributed by atoms with van der Waals surface area (Å²) in [5.74, 6) is -0.693. The first-order valence-corrected chi connectivity index (χ1v) is 8.94. The van der Waals surface area contributed by atoms with E-state index in [4.69, 9.17) is 0 Å². The van der Waals surface area contributed by atoms with Crippen molar-refractivity contribution in [3.63, 3.8) is 0 Å². The van der Waals surface area contributed by atoms with Gasteiger partial charge in [-0.05, 0) is 36.5 Å². The molecule has 1 aliphatic heterocycles. The lowest BCUT2D eigenvalue weighted by Crippen LogP contribution is -2.41. The lowest BCUT2D eigenvalue weighted by molar-refractivity contribution is -0.149. The highest BCUT2D eigenvalue weighted by Gasteiger charge is 2.55. The second kappa shape index (κ2) is 6.48. The second-order valence-electron chi connectivity index (χ2n) is 7.17. The minimum absolute atomic E-state index is 0.0714. The number of hydrogen-bond acceptors (Lipinski definition) is 3. The zero-order chi connectivity index (χ0) is 18.1. The van der Waals surface area contributed by atoms with E-state index in [1.165, 1.54) is 0 Å². The number of likely N-dealkylation sites (tertiary alicyclic amines) is 1. The van der Waals surface area contributed by atoms with Crippen LogP contribution in [0.15, 0.2) is 42.7 Å². The summed E-state index contributed by atoms with van der Waals surface area (Å²) in [5, 5.41) is 16.8. The number of rotatable bonds is 4. The molecule has 2 atom stereocenters. The molecule has 1 saturated carbocycles. The van der Waals surface area contributed by atoms with Crippen molar-refractivity contribution in [2.24, 2.45) is 11.3 Å². The van der Waals surface area contributed by atoms with Gasteiger partial charge < -0.3 is 15.3 Å². The molecule has 26 heavy (non-hydrogen) atoms. The van der Waals surface area contributed by atoms with Crippen LogP contribution in [-0.4, -0.2) is 44.9 Å². The molecular weight excluding hydrogens is 332 g/mol. The van der Waals surface area contributed by atoms with Crippen LogP contribution >= 0.6 is 0 Å². The van der Waals surface area contributed by atoms with Gasteiger partial charge in [-0.25, -0.2) is 9.48 Å². The number of carboxylic acid groups (broad SMARTS) is 1. The number of aliphatic carboxylic acids is 1. The predicted octanol–water partition coefficient (Wildman–Crippen LogP) is 2.27. The van der Waals surface area contributed by atoms with Crippen molar-refractivity contribution in [2.75, 3.05) is 13.1 Å². The molecule has 0 radical (unpaired) electrons. The third-order valence-corrected chi connectivity index (χ3v) is 5.76. The van der Waals surface area contributed by atoms with E-state index in [2.05, 4.69) is 10.4 Å². The van der Waals surface area contributed by atoms with E-state index in [0.717, 1.165) is 24.1 Å². The summed E-state index contributed by atoms with van der Waals surface area (Å²) in [5.41, 5.74) is 1.12. The smallest absolute Gasteiger partial charge is 0.317 e. The molecule has 2 aromatic rings. The van der Waals surface area contributed by atoms with E-state index < -0.39 is 11.4 Å². The number of aromatic nitrogens is 2. The Morgan fingerprint density at radius 3 is 2.88 bits per heavy atom. The van der Waals surface area contributed by atoms with Gasteiger partial charge in [-0.3, -0.25) is 4.79 Å². The van der Waals surface area contributed by atoms with Gasteiger partial charge in [0.05, 0.1) is 11.1 Å². The van der Waals surface area contributed by atoms with E-state index >= 15 is 0 Å². The fraction of sp³-hybridized carbons (Fsp3) is 0.421. The summed E-state index contributed by atoms with van der Waals surface area (Å²) in [6.45, 7) is 1.20. The molecule has 2 aliphatic rings. The van der Waals surface area contributed by atoms with Crippen LogP contribution in [0, 0.1) is 11.3 Å². The third-order valence-electron chi connectivity index (χ3n) is 5.76. The molecule has 1 aromatic carbocycles. The Kier molecular flexibility index (Phi) is 4.14. The van der Waals surface area contributed by atoms with Crippen LogP contribution in [0.1, 0.15) is 24.8 Å². The first kappa shape index (κ1) is 16.6. The zero-order valence-electron chi connectivity index (χ0n) is 14.5. The molecule has 1 aliphatic carbocycles. The van der Waals surface area contributed by atoms with Gasteiger partial charge in [0.2, 0.25) is 0 Å². The highest BCUT2D eigenvalue weighted by Crippen LogP contribution is 2.48. The van der Waals surface area contributed by atoms with Crippen LogP contribution in [-0.2, 0) is 11.3 Å². The van der Waals surface area contributed by atoms with Crippen molar-refractivity contribution in [3.8, 4) is 5.69 Å². The Balaban J connectivity index is 1.44. The summed E-state index contributed by atoms with van der Waals surface area (Å²) >= 11 is 0. The summed E-state index contributed by atoms with van der Waals surface area (Å²) < 4.78 is 1.77. The molecule has 0 spiro atoms. The minimum atomic E-state index is -0.765. The first-order chi connectivity index (χ1) is 12.6. The van der Waals surface area contributed by atoms with Crippen LogP contribution in [0.2, 0.25) is 0 Å². The quantitative estimate of drug-likeness (QED) is 0.882. The molecule has 2 amide bonds. The van der Waals surface area contributed by atoms with Crippen LogP contribution in [0.25, 0.3) is 5.69 Å². The summed E-state index contributed by atoms with van der Waals surface area (Å²) in [6.07, 6.45) is 6.06. The molecule has 2 heterocycles. The van der Waals surface area contributed by atoms with Gasteiger partial charge in [-0.2, -0.15) is 5.10 Å². The number of benzene rings is 1. The minimum Gasteiger partial charge on any atom is -0.481 e. The molecule has 7 heteroatoms. The average molecular weight is 354 g/mol. The van der Waals surface area contributed by atoms with Crippen LogP contribution in [0.3, 0.4) is 0 Å². The number of urea groups is 1. The Labute approximate surface area is 151 Å². The third kappa shape index (κ3) is 2.73. The van der Waals surface area contributed by atoms with Crippen LogP contribution in [0.4, 0.5) is 4.79 Å². The van der Waals surface area contributed by atoms with Crippen molar-refractivity contribution >= 4 is 12.0 Å². The predicted molar refractivity (Wildman–Crippen MR) is 94.8 cm³/mol. The van der Waals surface area contributed by atoms with Gasteiger partial charge in [0, 0.05) is 32.0 Å². The monoisotopic (exact) mass is 354 g/mol. The fourth-order valence-corrected chi connectivity index (χ4v) is 4.37. The van der Waals surface area contributed by atoms with E-state index in [9.17, 15) is 14.7 Å². The maximum Gasteiger partial charge on any atom is 0.317 e. The molecule has 4 rings (SSSR count). The molecule has 1 saturated heterocycles.